The molecule has 6 heteroatoms. The highest BCUT2D eigenvalue weighted by Crippen LogP contribution is 2.10. The van der Waals surface area contributed by atoms with Crippen molar-refractivity contribution in [2.45, 2.75) is 6.42 Å². The molecule has 1 aromatic heterocycles. The Balaban J connectivity index is 1.78. The highest BCUT2D eigenvalue weighted by molar-refractivity contribution is 6.30. The molecule has 0 radical (unpaired) electrons. The maximum Gasteiger partial charge on any atom is 0.224 e. The summed E-state index contributed by atoms with van der Waals surface area (Å²) in [6, 6.07) is 9.78. The number of likely N-dealkylation sites (N-methyl/N-ethyl adjacent to an activating group) is 1. The zero-order valence-corrected chi connectivity index (χ0v) is 13.8. The summed E-state index contributed by atoms with van der Waals surface area (Å²) < 4.78 is 0. The summed E-state index contributed by atoms with van der Waals surface area (Å²) in [6.07, 6.45) is 2.68. The summed E-state index contributed by atoms with van der Waals surface area (Å²) in [4.78, 5) is 10.8. The van der Waals surface area contributed by atoms with Gasteiger partial charge in [-0.3, -0.25) is 0 Å². The molecule has 0 aliphatic carbocycles. The van der Waals surface area contributed by atoms with Crippen molar-refractivity contribution in [1.82, 2.24) is 14.9 Å². The van der Waals surface area contributed by atoms with Crippen LogP contribution in [-0.4, -0.2) is 48.6 Å². The Kier molecular flexibility index (Phi) is 6.43. The van der Waals surface area contributed by atoms with Gasteiger partial charge < -0.3 is 15.5 Å². The molecule has 2 aromatic rings. The molecule has 0 aliphatic rings. The number of hydrogen-bond acceptors (Lipinski definition) is 5. The summed E-state index contributed by atoms with van der Waals surface area (Å²) in [5, 5.41) is 7.29. The molecule has 118 valence electrons. The Morgan fingerprint density at radius 2 is 1.82 bits per heavy atom. The Bertz CT molecular complexity index is 571. The van der Waals surface area contributed by atoms with Crippen LogP contribution in [-0.2, 0) is 6.42 Å². The number of nitrogens with one attached hydrogen (secondary N) is 2. The third kappa shape index (κ3) is 5.87. The van der Waals surface area contributed by atoms with Gasteiger partial charge >= 0.3 is 0 Å². The molecule has 1 aromatic carbocycles. The Morgan fingerprint density at radius 3 is 2.55 bits per heavy atom. The first-order chi connectivity index (χ1) is 10.6. The van der Waals surface area contributed by atoms with Crippen molar-refractivity contribution in [3.63, 3.8) is 0 Å². The average Bonchev–Trinajstić information content (AvgIpc) is 2.49. The van der Waals surface area contributed by atoms with Crippen molar-refractivity contribution in [2.75, 3.05) is 44.4 Å². The van der Waals surface area contributed by atoms with E-state index in [1.165, 1.54) is 5.56 Å². The van der Waals surface area contributed by atoms with Gasteiger partial charge in [-0.1, -0.05) is 23.7 Å². The quantitative estimate of drug-likeness (QED) is 0.783. The van der Waals surface area contributed by atoms with Gasteiger partial charge in [0.2, 0.25) is 5.95 Å². The molecule has 0 bridgehead atoms. The van der Waals surface area contributed by atoms with Gasteiger partial charge in [-0.2, -0.15) is 4.98 Å². The van der Waals surface area contributed by atoms with E-state index in [0.717, 1.165) is 36.9 Å². The average molecular weight is 320 g/mol. The lowest BCUT2D eigenvalue weighted by molar-refractivity contribution is 0.425. The van der Waals surface area contributed by atoms with Crippen LogP contribution in [0.1, 0.15) is 5.56 Å². The second kappa shape index (κ2) is 8.56. The number of benzene rings is 1. The lowest BCUT2D eigenvalue weighted by Gasteiger charge is -2.11. The van der Waals surface area contributed by atoms with Gasteiger partial charge in [0.25, 0.3) is 0 Å². The molecule has 0 atom stereocenters. The minimum atomic E-state index is 0.651. The minimum absolute atomic E-state index is 0.651. The molecule has 2 rings (SSSR count). The van der Waals surface area contributed by atoms with E-state index >= 15 is 0 Å². The van der Waals surface area contributed by atoms with Gasteiger partial charge in [-0.05, 0) is 44.3 Å². The molecule has 22 heavy (non-hydrogen) atoms. The van der Waals surface area contributed by atoms with Gasteiger partial charge in [0.05, 0.1) is 0 Å². The molecule has 5 nitrogen and oxygen atoms in total. The normalized spacial score (nSPS) is 10.7. The summed E-state index contributed by atoms with van der Waals surface area (Å²) >= 11 is 5.88. The zero-order valence-electron chi connectivity index (χ0n) is 13.0. The lowest BCUT2D eigenvalue weighted by Crippen LogP contribution is -2.21. The largest absolute Gasteiger partial charge is 0.370 e. The van der Waals surface area contributed by atoms with Crippen molar-refractivity contribution in [3.8, 4) is 0 Å². The van der Waals surface area contributed by atoms with Crippen molar-refractivity contribution in [3.05, 3.63) is 47.1 Å². The van der Waals surface area contributed by atoms with Crippen LogP contribution in [0.3, 0.4) is 0 Å². The Morgan fingerprint density at radius 1 is 1.05 bits per heavy atom. The monoisotopic (exact) mass is 319 g/mol. The molecule has 0 saturated carbocycles. The molecular weight excluding hydrogens is 298 g/mol. The number of hydrogen-bond donors (Lipinski definition) is 2. The molecular formula is C16H22ClN5. The SMILES string of the molecule is CN(C)CCNc1nccc(NCCc2ccc(Cl)cc2)n1. The topological polar surface area (TPSA) is 53.1 Å². The van der Waals surface area contributed by atoms with Crippen LogP contribution in [0.25, 0.3) is 0 Å². The van der Waals surface area contributed by atoms with Crippen LogP contribution >= 0.6 is 11.6 Å². The third-order valence-electron chi connectivity index (χ3n) is 3.13. The number of halogens is 1. The molecule has 0 aliphatic heterocycles. The summed E-state index contributed by atoms with van der Waals surface area (Å²) in [6.45, 7) is 2.58. The van der Waals surface area contributed by atoms with Gasteiger partial charge in [0.15, 0.2) is 0 Å². The first-order valence-electron chi connectivity index (χ1n) is 7.33. The van der Waals surface area contributed by atoms with E-state index in [0.29, 0.717) is 5.95 Å². The van der Waals surface area contributed by atoms with Gasteiger partial charge in [-0.25, -0.2) is 4.98 Å². The lowest BCUT2D eigenvalue weighted by atomic mass is 10.1. The number of aromatic nitrogens is 2. The first kappa shape index (κ1) is 16.5. The van der Waals surface area contributed by atoms with Crippen molar-refractivity contribution >= 4 is 23.4 Å². The maximum absolute atomic E-state index is 5.88. The predicted molar refractivity (Wildman–Crippen MR) is 92.7 cm³/mol. The van der Waals surface area contributed by atoms with Crippen LogP contribution in [0.5, 0.6) is 0 Å². The van der Waals surface area contributed by atoms with Gasteiger partial charge in [0, 0.05) is 30.9 Å². The van der Waals surface area contributed by atoms with E-state index in [1.54, 1.807) is 6.20 Å². The van der Waals surface area contributed by atoms with Crippen LogP contribution in [0, 0.1) is 0 Å². The molecule has 0 amide bonds. The van der Waals surface area contributed by atoms with E-state index in [9.17, 15) is 0 Å². The number of rotatable bonds is 8. The second-order valence-corrected chi connectivity index (χ2v) is 5.74. The fraction of sp³-hybridized carbons (Fsp3) is 0.375. The molecule has 0 spiro atoms. The molecule has 0 saturated heterocycles. The minimum Gasteiger partial charge on any atom is -0.370 e. The van der Waals surface area contributed by atoms with Gasteiger partial charge in [0.1, 0.15) is 5.82 Å². The number of anilines is 2. The van der Waals surface area contributed by atoms with E-state index in [2.05, 4.69) is 25.5 Å². The fourth-order valence-corrected chi connectivity index (χ4v) is 2.05. The Labute approximate surface area is 136 Å². The molecule has 0 fully saturated rings. The van der Waals surface area contributed by atoms with Crippen molar-refractivity contribution < 1.29 is 0 Å². The highest BCUT2D eigenvalue weighted by atomic mass is 35.5. The van der Waals surface area contributed by atoms with Crippen LogP contribution < -0.4 is 10.6 Å². The summed E-state index contributed by atoms with van der Waals surface area (Å²) in [5.41, 5.74) is 1.25. The van der Waals surface area contributed by atoms with Crippen molar-refractivity contribution in [2.24, 2.45) is 0 Å². The standard InChI is InChI=1S/C16H22ClN5/c1-22(2)12-11-20-16-19-10-8-15(21-16)18-9-7-13-3-5-14(17)6-4-13/h3-6,8,10H,7,9,11-12H2,1-2H3,(H2,18,19,20,21). The molecule has 1 heterocycles. The summed E-state index contributed by atoms with van der Waals surface area (Å²) in [7, 11) is 4.08. The van der Waals surface area contributed by atoms with E-state index < -0.39 is 0 Å². The van der Waals surface area contributed by atoms with Crippen LogP contribution in [0.15, 0.2) is 36.5 Å². The first-order valence-corrected chi connectivity index (χ1v) is 7.71. The maximum atomic E-state index is 5.88. The van der Waals surface area contributed by atoms with Crippen LogP contribution in [0.2, 0.25) is 5.02 Å². The fourth-order valence-electron chi connectivity index (χ4n) is 1.92. The van der Waals surface area contributed by atoms with Crippen molar-refractivity contribution in [1.29, 1.82) is 0 Å². The smallest absolute Gasteiger partial charge is 0.224 e. The van der Waals surface area contributed by atoms with E-state index in [4.69, 9.17) is 11.6 Å². The Hall–Kier alpha value is -1.85. The zero-order chi connectivity index (χ0) is 15.8. The van der Waals surface area contributed by atoms with Gasteiger partial charge in [-0.15, -0.1) is 0 Å². The number of nitrogens with zero attached hydrogens (tertiary/aromatic N) is 3. The molecule has 0 unspecified atom stereocenters. The predicted octanol–water partition coefficient (Wildman–Crippen LogP) is 2.76. The van der Waals surface area contributed by atoms with E-state index in [-0.39, 0.29) is 0 Å². The van der Waals surface area contributed by atoms with Crippen LogP contribution in [0.4, 0.5) is 11.8 Å². The van der Waals surface area contributed by atoms with E-state index in [1.807, 2.05) is 44.4 Å². The second-order valence-electron chi connectivity index (χ2n) is 5.30. The third-order valence-corrected chi connectivity index (χ3v) is 3.38. The highest BCUT2D eigenvalue weighted by Gasteiger charge is 1.99. The molecule has 2 N–H and O–H groups in total. The summed E-state index contributed by atoms with van der Waals surface area (Å²) in [5.74, 6) is 1.48.